The van der Waals surface area contributed by atoms with Crippen LogP contribution < -0.4 is 11.3 Å². The lowest BCUT2D eigenvalue weighted by molar-refractivity contribution is 0.0953. The first-order chi connectivity index (χ1) is 8.19. The van der Waals surface area contributed by atoms with Crippen molar-refractivity contribution in [1.82, 2.24) is 15.3 Å². The molecule has 1 aromatic heterocycles. The minimum absolute atomic E-state index is 0.360. The Morgan fingerprint density at radius 1 is 1.59 bits per heavy atom. The molecule has 1 amide bonds. The number of nitrogens with one attached hydrogen (secondary N) is 1. The second-order valence-corrected chi connectivity index (χ2v) is 6.30. The molecule has 1 aromatic rings. The number of rotatable bonds is 3. The number of thiazole rings is 1. The second-order valence-electron chi connectivity index (χ2n) is 3.74. The van der Waals surface area contributed by atoms with E-state index in [1.54, 1.807) is 0 Å². The van der Waals surface area contributed by atoms with Gasteiger partial charge in [0.05, 0.1) is 5.69 Å². The number of nitrogen functional groups attached to an aromatic ring is 1. The fourth-order valence-corrected chi connectivity index (χ4v) is 3.45. The van der Waals surface area contributed by atoms with Crippen LogP contribution in [-0.2, 0) is 17.3 Å². The van der Waals surface area contributed by atoms with E-state index in [1.807, 2.05) is 5.38 Å². The summed E-state index contributed by atoms with van der Waals surface area (Å²) in [5, 5.41) is 2.24. The number of nitrogens with two attached hydrogens (primary N) is 1. The van der Waals surface area contributed by atoms with Crippen LogP contribution >= 0.6 is 11.3 Å². The Labute approximate surface area is 106 Å². The first-order valence-corrected chi connectivity index (χ1v) is 7.58. The summed E-state index contributed by atoms with van der Waals surface area (Å²) in [6, 6.07) is 0. The van der Waals surface area contributed by atoms with Crippen molar-refractivity contribution in [2.75, 3.05) is 24.6 Å². The molecule has 0 saturated carbocycles. The molecule has 2 heterocycles. The average Bonchev–Trinajstić information content (AvgIpc) is 2.80. The van der Waals surface area contributed by atoms with E-state index in [4.69, 9.17) is 5.84 Å². The normalized spacial score (nSPS) is 18.2. The fourth-order valence-electron chi connectivity index (χ4n) is 1.61. The third-order valence-electron chi connectivity index (χ3n) is 2.53. The van der Waals surface area contributed by atoms with E-state index in [-0.39, 0.29) is 5.91 Å². The summed E-state index contributed by atoms with van der Waals surface area (Å²) in [7, 11) is -0.663. The third kappa shape index (κ3) is 3.32. The highest BCUT2D eigenvalue weighted by Gasteiger charge is 2.17. The zero-order valence-corrected chi connectivity index (χ0v) is 10.9. The molecule has 0 aliphatic carbocycles. The minimum atomic E-state index is -0.663. The number of hydrogen-bond acceptors (Lipinski definition) is 6. The van der Waals surface area contributed by atoms with Crippen LogP contribution in [0.2, 0.25) is 0 Å². The Hall–Kier alpha value is -0.830. The van der Waals surface area contributed by atoms with Crippen LogP contribution in [0.25, 0.3) is 0 Å². The van der Waals surface area contributed by atoms with Gasteiger partial charge in [0, 0.05) is 47.3 Å². The van der Waals surface area contributed by atoms with Gasteiger partial charge in [-0.3, -0.25) is 19.3 Å². The number of amides is 1. The van der Waals surface area contributed by atoms with Gasteiger partial charge in [0.1, 0.15) is 0 Å². The fraction of sp³-hybridized carbons (Fsp3) is 0.556. The molecule has 8 heteroatoms. The van der Waals surface area contributed by atoms with Crippen LogP contribution in [0.1, 0.15) is 15.5 Å². The third-order valence-corrected chi connectivity index (χ3v) is 4.70. The molecule has 94 valence electrons. The molecule has 2 rings (SSSR count). The Morgan fingerprint density at radius 3 is 2.94 bits per heavy atom. The van der Waals surface area contributed by atoms with Crippen LogP contribution in [-0.4, -0.2) is 44.6 Å². The van der Waals surface area contributed by atoms with E-state index in [0.29, 0.717) is 11.6 Å². The molecule has 0 atom stereocenters. The van der Waals surface area contributed by atoms with Gasteiger partial charge in [-0.1, -0.05) is 0 Å². The smallest absolute Gasteiger partial charge is 0.294 e. The summed E-state index contributed by atoms with van der Waals surface area (Å²) in [5.41, 5.74) is 2.92. The van der Waals surface area contributed by atoms with Gasteiger partial charge in [0.2, 0.25) is 0 Å². The number of hydrazine groups is 1. The summed E-state index contributed by atoms with van der Waals surface area (Å²) in [5.74, 6) is 6.12. The minimum Gasteiger partial charge on any atom is -0.296 e. The van der Waals surface area contributed by atoms with Gasteiger partial charge in [-0.05, 0) is 0 Å². The molecule has 0 unspecified atom stereocenters. The maximum Gasteiger partial charge on any atom is 0.294 e. The maximum absolute atomic E-state index is 11.2. The van der Waals surface area contributed by atoms with Crippen molar-refractivity contribution in [1.29, 1.82) is 0 Å². The number of nitrogens with zero attached hydrogens (tertiary/aromatic N) is 2. The summed E-state index contributed by atoms with van der Waals surface area (Å²) < 4.78 is 11.2. The van der Waals surface area contributed by atoms with Crippen LogP contribution in [0.4, 0.5) is 0 Å². The molecule has 1 aliphatic rings. The molecule has 0 spiro atoms. The highest BCUT2D eigenvalue weighted by molar-refractivity contribution is 7.85. The number of carbonyl (C=O) groups excluding carboxylic acids is 1. The first kappa shape index (κ1) is 12.6. The lowest BCUT2D eigenvalue weighted by Gasteiger charge is -2.24. The number of carbonyl (C=O) groups is 1. The summed E-state index contributed by atoms with van der Waals surface area (Å²) in [6.07, 6.45) is 0. The lowest BCUT2D eigenvalue weighted by Crippen LogP contribution is -2.37. The Morgan fingerprint density at radius 2 is 2.29 bits per heavy atom. The van der Waals surface area contributed by atoms with Crippen LogP contribution in [0.3, 0.4) is 0 Å². The Balaban J connectivity index is 1.93. The monoisotopic (exact) mass is 274 g/mol. The zero-order valence-electron chi connectivity index (χ0n) is 9.22. The predicted octanol–water partition coefficient (Wildman–Crippen LogP) is -0.689. The van der Waals surface area contributed by atoms with Crippen molar-refractivity contribution in [3.63, 3.8) is 0 Å². The molecular formula is C9H14N4O2S2. The standard InChI is InChI=1S/C9H14N4O2S2/c10-12-8(14)9-11-7(6-16-9)5-13-1-3-17(15)4-2-13/h6H,1-5,10H2,(H,12,14). The van der Waals surface area contributed by atoms with Gasteiger partial charge in [-0.2, -0.15) is 0 Å². The van der Waals surface area contributed by atoms with Gasteiger partial charge in [0.25, 0.3) is 5.91 Å². The molecule has 0 bridgehead atoms. The maximum atomic E-state index is 11.2. The summed E-state index contributed by atoms with van der Waals surface area (Å²) in [6.45, 7) is 2.34. The van der Waals surface area contributed by atoms with Crippen LogP contribution in [0, 0.1) is 0 Å². The van der Waals surface area contributed by atoms with Gasteiger partial charge in [-0.25, -0.2) is 10.8 Å². The van der Waals surface area contributed by atoms with E-state index in [1.165, 1.54) is 11.3 Å². The number of hydrogen-bond donors (Lipinski definition) is 2. The van der Waals surface area contributed by atoms with Crippen molar-refractivity contribution >= 4 is 28.0 Å². The molecule has 1 fully saturated rings. The van der Waals surface area contributed by atoms with Crippen LogP contribution in [0.15, 0.2) is 5.38 Å². The quantitative estimate of drug-likeness (QED) is 0.433. The van der Waals surface area contributed by atoms with Crippen molar-refractivity contribution in [2.24, 2.45) is 5.84 Å². The van der Waals surface area contributed by atoms with Crippen LogP contribution in [0.5, 0.6) is 0 Å². The van der Waals surface area contributed by atoms with Crippen molar-refractivity contribution in [3.05, 3.63) is 16.1 Å². The van der Waals surface area contributed by atoms with E-state index in [2.05, 4.69) is 15.3 Å². The van der Waals surface area contributed by atoms with Gasteiger partial charge >= 0.3 is 0 Å². The SMILES string of the molecule is NNC(=O)c1nc(CN2CCS(=O)CC2)cs1. The molecule has 0 radical (unpaired) electrons. The molecular weight excluding hydrogens is 260 g/mol. The van der Waals surface area contributed by atoms with Crippen molar-refractivity contribution in [2.45, 2.75) is 6.54 Å². The van der Waals surface area contributed by atoms with Crippen molar-refractivity contribution < 1.29 is 9.00 Å². The molecule has 3 N–H and O–H groups in total. The van der Waals surface area contributed by atoms with Crippen molar-refractivity contribution in [3.8, 4) is 0 Å². The van der Waals surface area contributed by atoms with Gasteiger partial charge in [-0.15, -0.1) is 11.3 Å². The predicted molar refractivity (Wildman–Crippen MR) is 66.9 cm³/mol. The summed E-state index contributed by atoms with van der Waals surface area (Å²) >= 11 is 1.28. The highest BCUT2D eigenvalue weighted by Crippen LogP contribution is 2.12. The summed E-state index contributed by atoms with van der Waals surface area (Å²) in [4.78, 5) is 17.6. The zero-order chi connectivity index (χ0) is 12.3. The average molecular weight is 274 g/mol. The van der Waals surface area contributed by atoms with E-state index < -0.39 is 10.8 Å². The van der Waals surface area contributed by atoms with E-state index in [9.17, 15) is 9.00 Å². The molecule has 1 saturated heterocycles. The topological polar surface area (TPSA) is 88.3 Å². The van der Waals surface area contributed by atoms with E-state index >= 15 is 0 Å². The highest BCUT2D eigenvalue weighted by atomic mass is 32.2. The molecule has 0 aromatic carbocycles. The van der Waals surface area contributed by atoms with E-state index in [0.717, 1.165) is 30.3 Å². The Bertz CT molecular complexity index is 424. The first-order valence-electron chi connectivity index (χ1n) is 5.21. The number of aromatic nitrogens is 1. The molecule has 6 nitrogen and oxygen atoms in total. The van der Waals surface area contributed by atoms with Gasteiger partial charge in [0.15, 0.2) is 5.01 Å². The Kier molecular flexibility index (Phi) is 4.21. The molecule has 17 heavy (non-hydrogen) atoms. The lowest BCUT2D eigenvalue weighted by atomic mass is 10.4. The largest absolute Gasteiger partial charge is 0.296 e. The molecule has 1 aliphatic heterocycles. The van der Waals surface area contributed by atoms with Gasteiger partial charge < -0.3 is 0 Å². The second kappa shape index (κ2) is 5.67.